The van der Waals surface area contributed by atoms with Gasteiger partial charge < -0.3 is 11.1 Å². The van der Waals surface area contributed by atoms with Gasteiger partial charge in [-0.3, -0.25) is 4.79 Å². The summed E-state index contributed by atoms with van der Waals surface area (Å²) < 4.78 is 1.42. The molecule has 0 bridgehead atoms. The van der Waals surface area contributed by atoms with Crippen molar-refractivity contribution in [1.82, 2.24) is 20.3 Å². The van der Waals surface area contributed by atoms with Crippen LogP contribution in [0.1, 0.15) is 34.6 Å². The molecule has 1 aromatic heterocycles. The van der Waals surface area contributed by atoms with Gasteiger partial charge in [0.25, 0.3) is 5.91 Å². The largest absolute Gasteiger partial charge is 0.382 e. The number of aryl methyl sites for hydroxylation is 1. The summed E-state index contributed by atoms with van der Waals surface area (Å²) in [6.45, 7) is 3.80. The lowest BCUT2D eigenvalue weighted by molar-refractivity contribution is 0.0935. The summed E-state index contributed by atoms with van der Waals surface area (Å²) in [6.07, 6.45) is 0. The van der Waals surface area contributed by atoms with Crippen LogP contribution in [0.2, 0.25) is 5.02 Å². The van der Waals surface area contributed by atoms with Crippen LogP contribution in [-0.2, 0) is 0 Å². The Morgan fingerprint density at radius 2 is 1.96 bits per heavy atom. The molecule has 0 aliphatic rings. The monoisotopic (exact) mass is 355 g/mol. The number of halogens is 1. The van der Waals surface area contributed by atoms with Gasteiger partial charge in [0.05, 0.1) is 11.7 Å². The van der Waals surface area contributed by atoms with E-state index < -0.39 is 0 Å². The van der Waals surface area contributed by atoms with Crippen LogP contribution in [0.15, 0.2) is 48.5 Å². The number of hydrogen-bond acceptors (Lipinski definition) is 4. The molecule has 0 spiro atoms. The lowest BCUT2D eigenvalue weighted by Crippen LogP contribution is -2.27. The van der Waals surface area contributed by atoms with Crippen molar-refractivity contribution < 1.29 is 4.79 Å². The molecular weight excluding hydrogens is 338 g/mol. The second-order valence-corrected chi connectivity index (χ2v) is 6.21. The molecule has 0 radical (unpaired) electrons. The standard InChI is InChI=1S/C18H18ClN5O/c1-11-8-9-14(19)10-15(11)24-17(20)16(22-23-24)18(25)21-12(2)13-6-4-3-5-7-13/h3-10,12H,20H2,1-2H3,(H,21,25)/t12-/m1/s1. The Hall–Kier alpha value is -2.86. The van der Waals surface area contributed by atoms with Crippen molar-refractivity contribution in [3.63, 3.8) is 0 Å². The fraction of sp³-hybridized carbons (Fsp3) is 0.167. The van der Waals surface area contributed by atoms with Gasteiger partial charge in [-0.05, 0) is 37.1 Å². The van der Waals surface area contributed by atoms with Crippen molar-refractivity contribution in [2.45, 2.75) is 19.9 Å². The van der Waals surface area contributed by atoms with E-state index in [9.17, 15) is 4.79 Å². The quantitative estimate of drug-likeness (QED) is 0.751. The van der Waals surface area contributed by atoms with Crippen molar-refractivity contribution >= 4 is 23.3 Å². The average molecular weight is 356 g/mol. The zero-order valence-electron chi connectivity index (χ0n) is 13.9. The molecule has 3 N–H and O–H groups in total. The summed E-state index contributed by atoms with van der Waals surface area (Å²) in [7, 11) is 0. The van der Waals surface area contributed by atoms with Gasteiger partial charge in [0.1, 0.15) is 0 Å². The third-order valence-electron chi connectivity index (χ3n) is 3.97. The van der Waals surface area contributed by atoms with Crippen LogP contribution in [0, 0.1) is 6.92 Å². The van der Waals surface area contributed by atoms with E-state index in [-0.39, 0.29) is 23.5 Å². The van der Waals surface area contributed by atoms with E-state index in [0.29, 0.717) is 10.7 Å². The molecule has 1 heterocycles. The van der Waals surface area contributed by atoms with Crippen molar-refractivity contribution in [2.24, 2.45) is 0 Å². The summed E-state index contributed by atoms with van der Waals surface area (Å²) in [5, 5.41) is 11.4. The Morgan fingerprint density at radius 1 is 1.24 bits per heavy atom. The maximum Gasteiger partial charge on any atom is 0.276 e. The van der Waals surface area contributed by atoms with Crippen LogP contribution < -0.4 is 11.1 Å². The van der Waals surface area contributed by atoms with Gasteiger partial charge in [-0.15, -0.1) is 5.10 Å². The van der Waals surface area contributed by atoms with Crippen molar-refractivity contribution in [3.8, 4) is 5.69 Å². The molecule has 1 amide bonds. The van der Waals surface area contributed by atoms with Crippen LogP contribution in [0.25, 0.3) is 5.69 Å². The zero-order valence-corrected chi connectivity index (χ0v) is 14.7. The number of carbonyl (C=O) groups is 1. The van der Waals surface area contributed by atoms with Gasteiger partial charge in [-0.25, -0.2) is 0 Å². The second-order valence-electron chi connectivity index (χ2n) is 5.77. The highest BCUT2D eigenvalue weighted by Gasteiger charge is 2.21. The molecule has 0 saturated heterocycles. The van der Waals surface area contributed by atoms with Crippen LogP contribution in [-0.4, -0.2) is 20.9 Å². The molecule has 3 rings (SSSR count). The Kier molecular flexibility index (Phi) is 4.72. The molecule has 0 aliphatic carbocycles. The summed E-state index contributed by atoms with van der Waals surface area (Å²) in [6, 6.07) is 14.9. The Labute approximate surface area is 150 Å². The van der Waals surface area contributed by atoms with E-state index in [0.717, 1.165) is 11.1 Å². The van der Waals surface area contributed by atoms with Crippen LogP contribution in [0.4, 0.5) is 5.82 Å². The number of hydrogen-bond donors (Lipinski definition) is 2. The number of carbonyl (C=O) groups excluding carboxylic acids is 1. The first-order chi connectivity index (χ1) is 12.0. The minimum Gasteiger partial charge on any atom is -0.382 e. The number of nitrogen functional groups attached to an aromatic ring is 1. The molecule has 6 nitrogen and oxygen atoms in total. The normalized spacial score (nSPS) is 12.0. The molecule has 3 aromatic rings. The highest BCUT2D eigenvalue weighted by Crippen LogP contribution is 2.22. The highest BCUT2D eigenvalue weighted by atomic mass is 35.5. The predicted molar refractivity (Wildman–Crippen MR) is 97.8 cm³/mol. The molecule has 128 valence electrons. The highest BCUT2D eigenvalue weighted by molar-refractivity contribution is 6.30. The van der Waals surface area contributed by atoms with E-state index in [1.807, 2.05) is 50.2 Å². The van der Waals surface area contributed by atoms with Crippen molar-refractivity contribution in [2.75, 3.05) is 5.73 Å². The maximum atomic E-state index is 12.5. The number of amides is 1. The molecule has 25 heavy (non-hydrogen) atoms. The second kappa shape index (κ2) is 6.94. The van der Waals surface area contributed by atoms with Gasteiger partial charge in [-0.1, -0.05) is 53.2 Å². The number of benzene rings is 2. The number of rotatable bonds is 4. The first-order valence-corrected chi connectivity index (χ1v) is 8.18. The average Bonchev–Trinajstić information content (AvgIpc) is 2.99. The van der Waals surface area contributed by atoms with Gasteiger partial charge in [0.2, 0.25) is 0 Å². The molecule has 2 aromatic carbocycles. The van der Waals surface area contributed by atoms with E-state index >= 15 is 0 Å². The molecule has 0 saturated carbocycles. The van der Waals surface area contributed by atoms with Gasteiger partial charge in [0, 0.05) is 5.02 Å². The first-order valence-electron chi connectivity index (χ1n) is 7.81. The van der Waals surface area contributed by atoms with E-state index in [4.69, 9.17) is 17.3 Å². The van der Waals surface area contributed by atoms with Gasteiger partial charge in [-0.2, -0.15) is 4.68 Å². The molecule has 0 aliphatic heterocycles. The first kappa shape index (κ1) is 17.0. The minimum absolute atomic E-state index is 0.0853. The minimum atomic E-state index is -0.375. The van der Waals surface area contributed by atoms with Crippen LogP contribution >= 0.6 is 11.6 Å². The maximum absolute atomic E-state index is 12.5. The number of nitrogens with one attached hydrogen (secondary N) is 1. The third-order valence-corrected chi connectivity index (χ3v) is 4.20. The Bertz CT molecular complexity index is 907. The number of aromatic nitrogens is 3. The molecule has 0 unspecified atom stereocenters. The van der Waals surface area contributed by atoms with E-state index in [1.165, 1.54) is 4.68 Å². The summed E-state index contributed by atoms with van der Waals surface area (Å²) >= 11 is 6.04. The van der Waals surface area contributed by atoms with E-state index in [2.05, 4.69) is 15.6 Å². The van der Waals surface area contributed by atoms with Crippen LogP contribution in [0.5, 0.6) is 0 Å². The number of anilines is 1. The van der Waals surface area contributed by atoms with Gasteiger partial charge in [0.15, 0.2) is 11.5 Å². The lowest BCUT2D eigenvalue weighted by Gasteiger charge is -2.13. The zero-order chi connectivity index (χ0) is 18.0. The summed E-state index contributed by atoms with van der Waals surface area (Å²) in [5.41, 5.74) is 8.79. The molecule has 0 fully saturated rings. The predicted octanol–water partition coefficient (Wildman–Crippen LogP) is 3.30. The van der Waals surface area contributed by atoms with Gasteiger partial charge >= 0.3 is 0 Å². The molecular formula is C18H18ClN5O. The lowest BCUT2D eigenvalue weighted by atomic mass is 10.1. The summed E-state index contributed by atoms with van der Waals surface area (Å²) in [5.74, 6) is -0.206. The number of nitrogens with two attached hydrogens (primary N) is 1. The van der Waals surface area contributed by atoms with Crippen molar-refractivity contribution in [3.05, 3.63) is 70.4 Å². The fourth-order valence-corrected chi connectivity index (χ4v) is 2.70. The number of nitrogens with zero attached hydrogens (tertiary/aromatic N) is 3. The molecule has 1 atom stereocenters. The van der Waals surface area contributed by atoms with Crippen LogP contribution in [0.3, 0.4) is 0 Å². The summed E-state index contributed by atoms with van der Waals surface area (Å²) in [4.78, 5) is 12.5. The molecule has 7 heteroatoms. The smallest absolute Gasteiger partial charge is 0.276 e. The Balaban J connectivity index is 1.86. The third kappa shape index (κ3) is 3.49. The van der Waals surface area contributed by atoms with Crippen molar-refractivity contribution in [1.29, 1.82) is 0 Å². The fourth-order valence-electron chi connectivity index (χ4n) is 2.53. The topological polar surface area (TPSA) is 85.8 Å². The SMILES string of the molecule is Cc1ccc(Cl)cc1-n1nnc(C(=O)N[C@H](C)c2ccccc2)c1N. The van der Waals surface area contributed by atoms with E-state index in [1.54, 1.807) is 12.1 Å². The Morgan fingerprint density at radius 3 is 2.68 bits per heavy atom.